The third-order valence-electron chi connectivity index (χ3n) is 2.91. The Morgan fingerprint density at radius 3 is 3.06 bits per heavy atom. The lowest BCUT2D eigenvalue weighted by atomic mass is 10.2. The second kappa shape index (κ2) is 3.96. The molecule has 86 valence electrons. The molecular weight excluding hydrogens is 238 g/mol. The minimum atomic E-state index is -0.0516. The summed E-state index contributed by atoms with van der Waals surface area (Å²) in [5.41, 5.74) is 2.26. The predicted molar refractivity (Wildman–Crippen MR) is 65.1 cm³/mol. The maximum atomic E-state index is 11.8. The lowest BCUT2D eigenvalue weighted by molar-refractivity contribution is 0.899. The summed E-state index contributed by atoms with van der Waals surface area (Å²) < 4.78 is 0. The van der Waals surface area contributed by atoms with Crippen LogP contribution in [0.1, 0.15) is 17.7 Å². The molecule has 17 heavy (non-hydrogen) atoms. The van der Waals surface area contributed by atoms with Crippen molar-refractivity contribution in [1.29, 1.82) is 0 Å². The lowest BCUT2D eigenvalue weighted by Gasteiger charge is -2.03. The average molecular weight is 248 g/mol. The van der Waals surface area contributed by atoms with Gasteiger partial charge in [0.25, 0.3) is 5.56 Å². The minimum absolute atomic E-state index is 0.0516. The van der Waals surface area contributed by atoms with Gasteiger partial charge < -0.3 is 4.98 Å². The van der Waals surface area contributed by atoms with Gasteiger partial charge in [0.05, 0.1) is 5.69 Å². The van der Waals surface area contributed by atoms with Crippen LogP contribution in [0, 0.1) is 0 Å². The van der Waals surface area contributed by atoms with Gasteiger partial charge in [-0.25, -0.2) is 4.98 Å². The SMILES string of the molecule is O=c1[nH]c(-c2cc(Cl)ccn2)nc2c1CCC2. The third-order valence-corrected chi connectivity index (χ3v) is 3.14. The summed E-state index contributed by atoms with van der Waals surface area (Å²) in [7, 11) is 0. The van der Waals surface area contributed by atoms with E-state index in [-0.39, 0.29) is 5.56 Å². The lowest BCUT2D eigenvalue weighted by Crippen LogP contribution is -2.15. The second-order valence-electron chi connectivity index (χ2n) is 4.05. The van der Waals surface area contributed by atoms with Gasteiger partial charge in [-0.1, -0.05) is 11.6 Å². The number of aryl methyl sites for hydroxylation is 1. The van der Waals surface area contributed by atoms with E-state index in [9.17, 15) is 4.79 Å². The van der Waals surface area contributed by atoms with Crippen LogP contribution in [0.4, 0.5) is 0 Å². The van der Waals surface area contributed by atoms with E-state index in [4.69, 9.17) is 11.6 Å². The van der Waals surface area contributed by atoms with Gasteiger partial charge in [0.1, 0.15) is 5.69 Å². The highest BCUT2D eigenvalue weighted by atomic mass is 35.5. The van der Waals surface area contributed by atoms with Crippen molar-refractivity contribution in [3.63, 3.8) is 0 Å². The summed E-state index contributed by atoms with van der Waals surface area (Å²) in [6.07, 6.45) is 4.29. The van der Waals surface area contributed by atoms with Gasteiger partial charge in [0.2, 0.25) is 0 Å². The van der Waals surface area contributed by atoms with Crippen molar-refractivity contribution in [2.24, 2.45) is 0 Å². The number of hydrogen-bond acceptors (Lipinski definition) is 3. The Kier molecular flexibility index (Phi) is 2.44. The number of halogens is 1. The average Bonchev–Trinajstić information content (AvgIpc) is 2.77. The first-order chi connectivity index (χ1) is 8.24. The molecule has 0 aliphatic heterocycles. The van der Waals surface area contributed by atoms with Crippen LogP contribution in [0.3, 0.4) is 0 Å². The number of rotatable bonds is 1. The van der Waals surface area contributed by atoms with Crippen molar-refractivity contribution >= 4 is 11.6 Å². The molecule has 0 saturated carbocycles. The Morgan fingerprint density at radius 2 is 2.24 bits per heavy atom. The molecular formula is C12H10ClN3O. The van der Waals surface area contributed by atoms with Gasteiger partial charge in [-0.05, 0) is 31.4 Å². The van der Waals surface area contributed by atoms with Gasteiger partial charge in [0, 0.05) is 16.8 Å². The fraction of sp³-hybridized carbons (Fsp3) is 0.250. The van der Waals surface area contributed by atoms with Crippen LogP contribution in [-0.2, 0) is 12.8 Å². The van der Waals surface area contributed by atoms with Crippen LogP contribution in [-0.4, -0.2) is 15.0 Å². The first-order valence-electron chi connectivity index (χ1n) is 5.48. The van der Waals surface area contributed by atoms with E-state index >= 15 is 0 Å². The van der Waals surface area contributed by atoms with Gasteiger partial charge in [-0.15, -0.1) is 0 Å². The second-order valence-corrected chi connectivity index (χ2v) is 4.49. The molecule has 1 N–H and O–H groups in total. The summed E-state index contributed by atoms with van der Waals surface area (Å²) in [4.78, 5) is 23.2. The molecule has 1 aliphatic carbocycles. The summed E-state index contributed by atoms with van der Waals surface area (Å²) in [6.45, 7) is 0. The summed E-state index contributed by atoms with van der Waals surface area (Å²) >= 11 is 5.89. The predicted octanol–water partition coefficient (Wildman–Crippen LogP) is 1.97. The molecule has 4 nitrogen and oxygen atoms in total. The Balaban J connectivity index is 2.16. The van der Waals surface area contributed by atoms with Crippen molar-refractivity contribution in [2.45, 2.75) is 19.3 Å². The number of pyridine rings is 1. The van der Waals surface area contributed by atoms with E-state index < -0.39 is 0 Å². The van der Waals surface area contributed by atoms with E-state index in [0.717, 1.165) is 30.5 Å². The summed E-state index contributed by atoms with van der Waals surface area (Å²) in [5, 5.41) is 0.582. The molecule has 1 aliphatic rings. The molecule has 3 rings (SSSR count). The van der Waals surface area contributed by atoms with E-state index in [1.165, 1.54) is 0 Å². The van der Waals surface area contributed by atoms with Gasteiger partial charge in [0.15, 0.2) is 5.82 Å². The van der Waals surface area contributed by atoms with Crippen LogP contribution in [0.25, 0.3) is 11.5 Å². The van der Waals surface area contributed by atoms with Gasteiger partial charge in [-0.2, -0.15) is 0 Å². The zero-order valence-electron chi connectivity index (χ0n) is 9.03. The van der Waals surface area contributed by atoms with Crippen molar-refractivity contribution in [1.82, 2.24) is 15.0 Å². The maximum Gasteiger partial charge on any atom is 0.254 e. The zero-order chi connectivity index (χ0) is 11.8. The number of nitrogens with one attached hydrogen (secondary N) is 1. The molecule has 0 aromatic carbocycles. The zero-order valence-corrected chi connectivity index (χ0v) is 9.79. The molecule has 5 heteroatoms. The Morgan fingerprint density at radius 1 is 1.35 bits per heavy atom. The highest BCUT2D eigenvalue weighted by molar-refractivity contribution is 6.30. The first-order valence-corrected chi connectivity index (χ1v) is 5.86. The van der Waals surface area contributed by atoms with E-state index in [2.05, 4.69) is 15.0 Å². The van der Waals surface area contributed by atoms with E-state index in [0.29, 0.717) is 16.5 Å². The van der Waals surface area contributed by atoms with Crippen molar-refractivity contribution in [3.8, 4) is 11.5 Å². The Hall–Kier alpha value is -1.68. The van der Waals surface area contributed by atoms with Gasteiger partial charge in [-0.3, -0.25) is 9.78 Å². The maximum absolute atomic E-state index is 11.8. The largest absolute Gasteiger partial charge is 0.305 e. The van der Waals surface area contributed by atoms with Crippen LogP contribution < -0.4 is 5.56 Å². The highest BCUT2D eigenvalue weighted by Gasteiger charge is 2.17. The molecule has 0 fully saturated rings. The normalized spacial score (nSPS) is 13.7. The Bertz CT molecular complexity index is 636. The van der Waals surface area contributed by atoms with Crippen LogP contribution in [0.5, 0.6) is 0 Å². The molecule has 0 atom stereocenters. The van der Waals surface area contributed by atoms with Crippen molar-refractivity contribution in [2.75, 3.05) is 0 Å². The fourth-order valence-electron chi connectivity index (χ4n) is 2.10. The van der Waals surface area contributed by atoms with Crippen LogP contribution in [0.15, 0.2) is 23.1 Å². The molecule has 2 heterocycles. The van der Waals surface area contributed by atoms with Crippen LogP contribution >= 0.6 is 11.6 Å². The number of fused-ring (bicyclic) bond motifs is 1. The Labute approximate surface area is 103 Å². The molecule has 0 spiro atoms. The van der Waals surface area contributed by atoms with Crippen molar-refractivity contribution < 1.29 is 0 Å². The molecule has 2 aromatic rings. The molecule has 0 bridgehead atoms. The smallest absolute Gasteiger partial charge is 0.254 e. The number of aromatic nitrogens is 3. The molecule has 0 unspecified atom stereocenters. The number of hydrogen-bond donors (Lipinski definition) is 1. The van der Waals surface area contributed by atoms with Crippen molar-refractivity contribution in [3.05, 3.63) is 45.0 Å². The minimum Gasteiger partial charge on any atom is -0.305 e. The van der Waals surface area contributed by atoms with E-state index in [1.807, 2.05) is 0 Å². The molecule has 0 saturated heterocycles. The summed E-state index contributed by atoms with van der Waals surface area (Å²) in [5.74, 6) is 0.498. The molecule has 0 amide bonds. The number of H-pyrrole nitrogens is 1. The quantitative estimate of drug-likeness (QED) is 0.838. The third kappa shape index (κ3) is 1.85. The summed E-state index contributed by atoms with van der Waals surface area (Å²) in [6, 6.07) is 3.39. The monoisotopic (exact) mass is 247 g/mol. The first kappa shape index (κ1) is 10.5. The van der Waals surface area contributed by atoms with E-state index in [1.54, 1.807) is 18.3 Å². The highest BCUT2D eigenvalue weighted by Crippen LogP contribution is 2.20. The number of nitrogens with zero attached hydrogens (tertiary/aromatic N) is 2. The standard InChI is InChI=1S/C12H10ClN3O/c13-7-4-5-14-10(6-7)11-15-9-3-1-2-8(9)12(17)16-11/h4-6H,1-3H2,(H,15,16,17). The molecule has 0 radical (unpaired) electrons. The topological polar surface area (TPSA) is 58.6 Å². The fourth-order valence-corrected chi connectivity index (χ4v) is 2.26. The number of aromatic amines is 1. The molecule has 2 aromatic heterocycles. The van der Waals surface area contributed by atoms with Crippen LogP contribution in [0.2, 0.25) is 5.02 Å². The van der Waals surface area contributed by atoms with Gasteiger partial charge >= 0.3 is 0 Å².